The molecule has 124 valence electrons. The first-order valence-corrected chi connectivity index (χ1v) is 10.9. The summed E-state index contributed by atoms with van der Waals surface area (Å²) in [6.45, 7) is 1.99. The van der Waals surface area contributed by atoms with Gasteiger partial charge in [0.15, 0.2) is 0 Å². The number of aryl methyl sites for hydroxylation is 1. The molecule has 5 nitrogen and oxygen atoms in total. The van der Waals surface area contributed by atoms with Crippen molar-refractivity contribution in [3.8, 4) is 0 Å². The molecule has 0 aliphatic heterocycles. The Balaban J connectivity index is 1.99. The summed E-state index contributed by atoms with van der Waals surface area (Å²) in [6.07, 6.45) is 2.64. The Hall–Kier alpha value is -0.900. The van der Waals surface area contributed by atoms with Crippen LogP contribution in [0.15, 0.2) is 20.1 Å². The number of hydrogen-bond donors (Lipinski definition) is 1. The van der Waals surface area contributed by atoms with Crippen molar-refractivity contribution in [2.75, 3.05) is 11.3 Å². The van der Waals surface area contributed by atoms with E-state index < -0.39 is 16.0 Å². The molecule has 0 amide bonds. The number of ether oxygens (including phenoxy) is 1. The first-order chi connectivity index (χ1) is 10.9. The van der Waals surface area contributed by atoms with Crippen molar-refractivity contribution < 1.29 is 17.9 Å². The summed E-state index contributed by atoms with van der Waals surface area (Å²) in [7, 11) is -3.71. The van der Waals surface area contributed by atoms with Gasteiger partial charge in [-0.05, 0) is 59.8 Å². The standard InChI is InChI=1S/C14H14BrNO4S3/c1-2-20-14(17)12-8-4-3-5-9(8)21-13(12)16-23(18,19)11-7-6-10(15)22-11/h6-7,16H,2-5H2,1H3. The number of sulfonamides is 1. The van der Waals surface area contributed by atoms with E-state index in [-0.39, 0.29) is 10.8 Å². The number of carbonyl (C=O) groups excluding carboxylic acids is 1. The number of rotatable bonds is 5. The molecular weight excluding hydrogens is 422 g/mol. The van der Waals surface area contributed by atoms with Gasteiger partial charge in [-0.2, -0.15) is 0 Å². The van der Waals surface area contributed by atoms with Crippen LogP contribution in [0, 0.1) is 0 Å². The summed E-state index contributed by atoms with van der Waals surface area (Å²) >= 11 is 5.72. The number of hydrogen-bond acceptors (Lipinski definition) is 6. The number of thiophene rings is 2. The Morgan fingerprint density at radius 1 is 1.35 bits per heavy atom. The molecule has 3 rings (SSSR count). The summed E-state index contributed by atoms with van der Waals surface area (Å²) in [5.41, 5.74) is 1.31. The first-order valence-electron chi connectivity index (χ1n) is 7.02. The average Bonchev–Trinajstić information content (AvgIpc) is 3.14. The average molecular weight is 436 g/mol. The Morgan fingerprint density at radius 3 is 2.78 bits per heavy atom. The van der Waals surface area contributed by atoms with E-state index >= 15 is 0 Å². The minimum atomic E-state index is -3.71. The normalized spacial score (nSPS) is 13.8. The van der Waals surface area contributed by atoms with E-state index in [1.165, 1.54) is 17.4 Å². The lowest BCUT2D eigenvalue weighted by Crippen LogP contribution is -2.15. The van der Waals surface area contributed by atoms with Crippen molar-refractivity contribution in [3.63, 3.8) is 0 Å². The fourth-order valence-corrected chi connectivity index (χ4v) is 7.10. The highest BCUT2D eigenvalue weighted by Gasteiger charge is 2.30. The molecule has 0 saturated heterocycles. The molecule has 2 aromatic rings. The van der Waals surface area contributed by atoms with E-state index in [2.05, 4.69) is 20.7 Å². The molecule has 1 N–H and O–H groups in total. The molecular formula is C14H14BrNO4S3. The predicted octanol–water partition coefficient (Wildman–Crippen LogP) is 4.04. The van der Waals surface area contributed by atoms with Gasteiger partial charge in [-0.15, -0.1) is 22.7 Å². The monoisotopic (exact) mass is 435 g/mol. The van der Waals surface area contributed by atoms with E-state index in [0.29, 0.717) is 10.6 Å². The van der Waals surface area contributed by atoms with E-state index in [9.17, 15) is 13.2 Å². The van der Waals surface area contributed by atoms with Crippen molar-refractivity contribution in [2.45, 2.75) is 30.4 Å². The number of carbonyl (C=O) groups is 1. The van der Waals surface area contributed by atoms with E-state index in [1.54, 1.807) is 13.0 Å². The van der Waals surface area contributed by atoms with E-state index in [1.807, 2.05) is 0 Å². The van der Waals surface area contributed by atoms with Gasteiger partial charge < -0.3 is 4.74 Å². The highest BCUT2D eigenvalue weighted by atomic mass is 79.9. The van der Waals surface area contributed by atoms with Crippen molar-refractivity contribution >= 4 is 59.6 Å². The highest BCUT2D eigenvalue weighted by Crippen LogP contribution is 2.41. The van der Waals surface area contributed by atoms with Gasteiger partial charge in [0.2, 0.25) is 0 Å². The Morgan fingerprint density at radius 2 is 2.13 bits per heavy atom. The van der Waals surface area contributed by atoms with Gasteiger partial charge in [0.25, 0.3) is 10.0 Å². The van der Waals surface area contributed by atoms with Gasteiger partial charge in [0.1, 0.15) is 9.21 Å². The zero-order valence-corrected chi connectivity index (χ0v) is 16.3. The van der Waals surface area contributed by atoms with Gasteiger partial charge in [0, 0.05) is 4.88 Å². The van der Waals surface area contributed by atoms with Crippen LogP contribution in [-0.2, 0) is 27.6 Å². The van der Waals surface area contributed by atoms with Gasteiger partial charge >= 0.3 is 5.97 Å². The highest BCUT2D eigenvalue weighted by molar-refractivity contribution is 9.11. The second-order valence-electron chi connectivity index (χ2n) is 4.95. The smallest absolute Gasteiger partial charge is 0.341 e. The third-order valence-corrected chi connectivity index (χ3v) is 8.24. The van der Waals surface area contributed by atoms with E-state index in [4.69, 9.17) is 4.74 Å². The minimum absolute atomic E-state index is 0.202. The molecule has 0 atom stereocenters. The molecule has 2 aromatic heterocycles. The number of nitrogens with one attached hydrogen (secondary N) is 1. The van der Waals surface area contributed by atoms with Crippen molar-refractivity contribution in [1.82, 2.24) is 0 Å². The van der Waals surface area contributed by atoms with Crippen molar-refractivity contribution in [3.05, 3.63) is 31.9 Å². The van der Waals surface area contributed by atoms with Crippen LogP contribution in [0.25, 0.3) is 0 Å². The topological polar surface area (TPSA) is 72.5 Å². The van der Waals surface area contributed by atoms with Crippen LogP contribution in [0.2, 0.25) is 0 Å². The Labute approximate surface area is 150 Å². The van der Waals surface area contributed by atoms with Crippen LogP contribution in [0.3, 0.4) is 0 Å². The molecule has 1 aliphatic carbocycles. The zero-order valence-electron chi connectivity index (χ0n) is 12.2. The predicted molar refractivity (Wildman–Crippen MR) is 95.1 cm³/mol. The van der Waals surface area contributed by atoms with Gasteiger partial charge in [-0.3, -0.25) is 4.72 Å². The molecule has 0 radical (unpaired) electrons. The maximum absolute atomic E-state index is 12.5. The second-order valence-corrected chi connectivity index (χ2v) is 10.4. The fraction of sp³-hybridized carbons (Fsp3) is 0.357. The van der Waals surface area contributed by atoms with Crippen molar-refractivity contribution in [2.24, 2.45) is 0 Å². The molecule has 0 saturated carbocycles. The summed E-state index contributed by atoms with van der Waals surface area (Å²) in [4.78, 5) is 13.3. The molecule has 0 spiro atoms. The third kappa shape index (κ3) is 3.33. The molecule has 0 fully saturated rings. The number of fused-ring (bicyclic) bond motifs is 1. The summed E-state index contributed by atoms with van der Waals surface area (Å²) < 4.78 is 33.6. The molecule has 2 heterocycles. The lowest BCUT2D eigenvalue weighted by Gasteiger charge is -2.08. The van der Waals surface area contributed by atoms with Crippen molar-refractivity contribution in [1.29, 1.82) is 0 Å². The van der Waals surface area contributed by atoms with Crippen LogP contribution in [0.4, 0.5) is 5.00 Å². The quantitative estimate of drug-likeness (QED) is 0.719. The molecule has 23 heavy (non-hydrogen) atoms. The molecule has 9 heteroatoms. The molecule has 0 unspecified atom stereocenters. The van der Waals surface area contributed by atoms with Crippen LogP contribution in [0.1, 0.15) is 34.1 Å². The van der Waals surface area contributed by atoms with Gasteiger partial charge in [-0.25, -0.2) is 13.2 Å². The molecule has 0 aromatic carbocycles. The lowest BCUT2D eigenvalue weighted by molar-refractivity contribution is 0.0527. The summed E-state index contributed by atoms with van der Waals surface area (Å²) in [5, 5.41) is 0.359. The van der Waals surface area contributed by atoms with Crippen LogP contribution in [0.5, 0.6) is 0 Å². The van der Waals surface area contributed by atoms with Crippen LogP contribution in [-0.4, -0.2) is 21.0 Å². The Kier molecular flexibility index (Phi) is 4.82. The van der Waals surface area contributed by atoms with E-state index in [0.717, 1.165) is 44.8 Å². The fourth-order valence-electron chi connectivity index (χ4n) is 2.51. The number of esters is 1. The summed E-state index contributed by atoms with van der Waals surface area (Å²) in [5.74, 6) is -0.461. The third-order valence-electron chi connectivity index (χ3n) is 3.44. The molecule has 1 aliphatic rings. The second kappa shape index (κ2) is 6.54. The first kappa shape index (κ1) is 16.9. The minimum Gasteiger partial charge on any atom is -0.462 e. The maximum Gasteiger partial charge on any atom is 0.341 e. The Bertz CT molecular complexity index is 853. The van der Waals surface area contributed by atoms with Crippen LogP contribution < -0.4 is 4.72 Å². The lowest BCUT2D eigenvalue weighted by atomic mass is 10.1. The largest absolute Gasteiger partial charge is 0.462 e. The van der Waals surface area contributed by atoms with Gasteiger partial charge in [-0.1, -0.05) is 0 Å². The maximum atomic E-state index is 12.5. The van der Waals surface area contributed by atoms with Crippen LogP contribution >= 0.6 is 38.6 Å². The van der Waals surface area contributed by atoms with Gasteiger partial charge in [0.05, 0.1) is 16.0 Å². The summed E-state index contributed by atoms with van der Waals surface area (Å²) in [6, 6.07) is 3.21. The zero-order chi connectivity index (χ0) is 16.6. The SMILES string of the molecule is CCOC(=O)c1c(NS(=O)(=O)c2ccc(Br)s2)sc2c1CCC2. The molecule has 0 bridgehead atoms. The number of halogens is 1. The number of anilines is 1.